The number of nitrogens with one attached hydrogen (secondary N) is 2. The van der Waals surface area contributed by atoms with Gasteiger partial charge in [-0.05, 0) is 61.9 Å². The molecule has 5 heterocycles. The fourth-order valence-corrected chi connectivity index (χ4v) is 5.96. The summed E-state index contributed by atoms with van der Waals surface area (Å²) >= 11 is 0. The molecule has 1 amide bonds. The van der Waals surface area contributed by atoms with Gasteiger partial charge < -0.3 is 26.0 Å². The van der Waals surface area contributed by atoms with Crippen LogP contribution in [0.15, 0.2) is 72.3 Å². The van der Waals surface area contributed by atoms with E-state index >= 15 is 0 Å². The van der Waals surface area contributed by atoms with E-state index in [9.17, 15) is 4.79 Å². The molecule has 0 spiro atoms. The SMILES string of the molecule is C=C(N)N=C/C=C(\C)c1cnc(NCc2cccc(C(=O)Nc3ccc(N4C[C@H]5CC4CN5C)cn3)c2)c2c1OCC2. The number of anilines is 3. The minimum Gasteiger partial charge on any atom is -0.492 e. The van der Waals surface area contributed by atoms with E-state index in [0.717, 1.165) is 59.0 Å². The van der Waals surface area contributed by atoms with Crippen molar-refractivity contribution in [3.63, 3.8) is 0 Å². The fraction of sp³-hybridized carbons (Fsp3) is 0.312. The van der Waals surface area contributed by atoms with E-state index in [-0.39, 0.29) is 11.7 Å². The van der Waals surface area contributed by atoms with E-state index in [1.807, 2.05) is 55.6 Å². The van der Waals surface area contributed by atoms with Crippen molar-refractivity contribution in [2.75, 3.05) is 42.3 Å². The standard InChI is InChI=1S/C32H36N8O2/c1-20(9-11-34-21(2)33)28-17-37-31(27-10-12-42-30(27)28)36-15-22-5-4-6-23(13-22)32(41)38-29-8-7-24(16-35-29)40-19-25-14-26(40)18-39(25)3/h4-9,11,13,16-17,25-26H,2,10,12,14-15,18-19,33H2,1,3H3,(H,36,37)(H,35,38,41)/b20-9+,34-11?/t25-,26?/m1/s1. The third kappa shape index (κ3) is 5.71. The predicted molar refractivity (Wildman–Crippen MR) is 167 cm³/mol. The number of carbonyl (C=O) groups is 1. The normalized spacial score (nSPS) is 19.7. The lowest BCUT2D eigenvalue weighted by Gasteiger charge is -2.33. The lowest BCUT2D eigenvalue weighted by molar-refractivity contribution is 0.102. The van der Waals surface area contributed by atoms with Gasteiger partial charge in [-0.15, -0.1) is 0 Å². The monoisotopic (exact) mass is 564 g/mol. The number of pyridine rings is 2. The number of aromatic nitrogens is 2. The Labute approximate surface area is 246 Å². The van der Waals surface area contributed by atoms with Crippen molar-refractivity contribution in [2.45, 2.75) is 38.4 Å². The summed E-state index contributed by atoms with van der Waals surface area (Å²) in [6, 6.07) is 12.7. The molecule has 42 heavy (non-hydrogen) atoms. The number of ether oxygens (including phenoxy) is 1. The average Bonchev–Trinajstić information content (AvgIpc) is 3.72. The number of likely N-dealkylation sites (tertiary alicyclic amines) is 1. The summed E-state index contributed by atoms with van der Waals surface area (Å²) in [4.78, 5) is 31.1. The summed E-state index contributed by atoms with van der Waals surface area (Å²) in [5.74, 6) is 2.21. The summed E-state index contributed by atoms with van der Waals surface area (Å²) in [6.07, 6.45) is 9.12. The molecule has 6 rings (SSSR count). The maximum absolute atomic E-state index is 13.0. The van der Waals surface area contributed by atoms with Gasteiger partial charge in [0.1, 0.15) is 23.2 Å². The van der Waals surface area contributed by atoms with Gasteiger partial charge in [-0.2, -0.15) is 0 Å². The van der Waals surface area contributed by atoms with Gasteiger partial charge in [-0.25, -0.2) is 15.0 Å². The highest BCUT2D eigenvalue weighted by Crippen LogP contribution is 2.37. The number of allylic oxidation sites excluding steroid dienone is 2. The highest BCUT2D eigenvalue weighted by Gasteiger charge is 2.41. The van der Waals surface area contributed by atoms with Crippen LogP contribution in [-0.4, -0.2) is 65.8 Å². The second-order valence-electron chi connectivity index (χ2n) is 11.1. The molecular formula is C32H36N8O2. The number of amides is 1. The predicted octanol–water partition coefficient (Wildman–Crippen LogP) is 4.07. The Morgan fingerprint density at radius 2 is 2.10 bits per heavy atom. The lowest BCUT2D eigenvalue weighted by Crippen LogP contribution is -2.44. The van der Waals surface area contributed by atoms with E-state index in [0.29, 0.717) is 36.6 Å². The second-order valence-corrected chi connectivity index (χ2v) is 11.1. The summed E-state index contributed by atoms with van der Waals surface area (Å²) in [5, 5.41) is 6.37. The molecule has 0 saturated carbocycles. The Bertz CT molecular complexity index is 1560. The van der Waals surface area contributed by atoms with E-state index in [1.165, 1.54) is 6.42 Å². The molecule has 10 heteroatoms. The number of carbonyl (C=O) groups excluding carboxylic acids is 1. The van der Waals surface area contributed by atoms with Crippen LogP contribution in [0.3, 0.4) is 0 Å². The van der Waals surface area contributed by atoms with Crippen LogP contribution < -0.4 is 26.0 Å². The first-order valence-electron chi connectivity index (χ1n) is 14.2. The highest BCUT2D eigenvalue weighted by molar-refractivity contribution is 6.03. The number of hydrogen-bond donors (Lipinski definition) is 3. The second kappa shape index (κ2) is 11.7. The van der Waals surface area contributed by atoms with Crippen LogP contribution in [0.5, 0.6) is 5.75 Å². The van der Waals surface area contributed by atoms with Crippen molar-refractivity contribution < 1.29 is 9.53 Å². The number of fused-ring (bicyclic) bond motifs is 3. The molecule has 1 aromatic carbocycles. The molecule has 2 atom stereocenters. The molecule has 0 aliphatic carbocycles. The molecule has 4 N–H and O–H groups in total. The Hall–Kier alpha value is -4.70. The molecule has 216 valence electrons. The summed E-state index contributed by atoms with van der Waals surface area (Å²) < 4.78 is 5.96. The number of piperazine rings is 1. The molecule has 2 aromatic heterocycles. The fourth-order valence-electron chi connectivity index (χ4n) is 5.96. The zero-order chi connectivity index (χ0) is 29.2. The third-order valence-corrected chi connectivity index (χ3v) is 8.20. The smallest absolute Gasteiger partial charge is 0.256 e. The van der Waals surface area contributed by atoms with Crippen LogP contribution in [0.4, 0.5) is 17.3 Å². The van der Waals surface area contributed by atoms with Gasteiger partial charge >= 0.3 is 0 Å². The topological polar surface area (TPSA) is 121 Å². The van der Waals surface area contributed by atoms with Gasteiger partial charge in [0.2, 0.25) is 0 Å². The first kappa shape index (κ1) is 27.5. The summed E-state index contributed by atoms with van der Waals surface area (Å²) in [6.45, 7) is 8.79. The van der Waals surface area contributed by atoms with Crippen molar-refractivity contribution in [1.82, 2.24) is 14.9 Å². The van der Waals surface area contributed by atoms with Crippen LogP contribution >= 0.6 is 0 Å². The number of aliphatic imine (C=N–C) groups is 1. The maximum Gasteiger partial charge on any atom is 0.256 e. The number of rotatable bonds is 9. The van der Waals surface area contributed by atoms with Gasteiger partial charge in [0.05, 0.1) is 18.5 Å². The van der Waals surface area contributed by atoms with Crippen LogP contribution in [0, 0.1) is 0 Å². The third-order valence-electron chi connectivity index (χ3n) is 8.20. The zero-order valence-electron chi connectivity index (χ0n) is 24.0. The van der Waals surface area contributed by atoms with E-state index in [1.54, 1.807) is 12.4 Å². The lowest BCUT2D eigenvalue weighted by atomic mass is 10.0. The quantitative estimate of drug-likeness (QED) is 0.333. The van der Waals surface area contributed by atoms with Gasteiger partial charge in [-0.1, -0.05) is 18.7 Å². The molecule has 10 nitrogen and oxygen atoms in total. The molecular weight excluding hydrogens is 528 g/mol. The number of nitrogens with zero attached hydrogens (tertiary/aromatic N) is 5. The highest BCUT2D eigenvalue weighted by atomic mass is 16.5. The molecule has 1 unspecified atom stereocenters. The van der Waals surface area contributed by atoms with Crippen LogP contribution in [0.2, 0.25) is 0 Å². The molecule has 3 aliphatic heterocycles. The zero-order valence-corrected chi connectivity index (χ0v) is 24.0. The number of benzene rings is 1. The van der Waals surface area contributed by atoms with Crippen molar-refractivity contribution >= 4 is 35.0 Å². The first-order valence-corrected chi connectivity index (χ1v) is 14.2. The largest absolute Gasteiger partial charge is 0.492 e. The number of hydrogen-bond acceptors (Lipinski definition) is 9. The Balaban J connectivity index is 1.09. The van der Waals surface area contributed by atoms with Gasteiger partial charge in [0, 0.05) is 67.2 Å². The van der Waals surface area contributed by atoms with Gasteiger partial charge in [-0.3, -0.25) is 9.69 Å². The minimum absolute atomic E-state index is 0.195. The van der Waals surface area contributed by atoms with Gasteiger partial charge in [0.25, 0.3) is 5.91 Å². The Morgan fingerprint density at radius 1 is 1.21 bits per heavy atom. The molecule has 0 radical (unpaired) electrons. The molecule has 2 bridgehead atoms. The molecule has 2 saturated heterocycles. The van der Waals surface area contributed by atoms with Crippen molar-refractivity contribution in [2.24, 2.45) is 10.7 Å². The van der Waals surface area contributed by atoms with Crippen molar-refractivity contribution in [1.29, 1.82) is 0 Å². The van der Waals surface area contributed by atoms with E-state index < -0.39 is 0 Å². The Morgan fingerprint density at radius 3 is 2.83 bits per heavy atom. The molecule has 2 fully saturated rings. The van der Waals surface area contributed by atoms with Crippen LogP contribution in [0.1, 0.15) is 40.4 Å². The minimum atomic E-state index is -0.195. The van der Waals surface area contributed by atoms with E-state index in [4.69, 9.17) is 10.5 Å². The summed E-state index contributed by atoms with van der Waals surface area (Å²) in [7, 11) is 2.19. The average molecular weight is 565 g/mol. The van der Waals surface area contributed by atoms with Crippen molar-refractivity contribution in [3.05, 3.63) is 89.5 Å². The molecule has 3 aliphatic rings. The summed E-state index contributed by atoms with van der Waals surface area (Å²) in [5.41, 5.74) is 11.1. The van der Waals surface area contributed by atoms with E-state index in [2.05, 4.69) is 49.0 Å². The first-order chi connectivity index (χ1) is 20.4. The van der Waals surface area contributed by atoms with Crippen LogP contribution in [-0.2, 0) is 13.0 Å². The number of nitrogens with two attached hydrogens (primary N) is 1. The number of likely N-dealkylation sites (N-methyl/N-ethyl adjacent to an activating group) is 1. The molecule has 3 aromatic rings. The van der Waals surface area contributed by atoms with Crippen molar-refractivity contribution in [3.8, 4) is 5.75 Å². The van der Waals surface area contributed by atoms with Crippen LogP contribution in [0.25, 0.3) is 5.57 Å². The van der Waals surface area contributed by atoms with Gasteiger partial charge in [0.15, 0.2) is 0 Å². The maximum atomic E-state index is 13.0. The Kier molecular flexibility index (Phi) is 7.62.